The molecule has 0 amide bonds. The third kappa shape index (κ3) is 14.2. The normalized spacial score (nSPS) is 16.9. The first kappa shape index (κ1) is 65.3. The van der Waals surface area contributed by atoms with E-state index >= 15 is 0 Å². The zero-order valence-corrected chi connectivity index (χ0v) is 57.9. The number of allylic oxidation sites excluding steroid dienone is 2. The molecule has 6 aromatic carbocycles. The van der Waals surface area contributed by atoms with Crippen molar-refractivity contribution in [2.75, 3.05) is 0 Å². The second-order valence-electron chi connectivity index (χ2n) is 23.3. The first-order valence-corrected chi connectivity index (χ1v) is 32.9. The molecule has 4 saturated carbocycles. The molecule has 4 fully saturated rings. The van der Waals surface area contributed by atoms with Crippen LogP contribution in [0.3, 0.4) is 0 Å². The minimum Gasteiger partial charge on any atom is -0.623 e. The van der Waals surface area contributed by atoms with E-state index in [0.717, 1.165) is 95.9 Å². The number of aryl methyl sites for hydroxylation is 4. The number of ether oxygens (including phenoxy) is 6. The summed E-state index contributed by atoms with van der Waals surface area (Å²) in [4.78, 5) is 20.0. The first-order valence-electron chi connectivity index (χ1n) is 29.7. The molecule has 472 valence electrons. The Balaban J connectivity index is 0.000000177. The molecule has 8 aromatic rings. The molecule has 6 aliphatic rings. The monoisotopic (exact) mass is 1590 g/mol. The summed E-state index contributed by atoms with van der Waals surface area (Å²) in [6.07, 6.45) is 7.79. The molecule has 0 radical (unpaired) electrons. The summed E-state index contributed by atoms with van der Waals surface area (Å²) in [6, 6.07) is 34.7. The number of benzene rings is 6. The Labute approximate surface area is 581 Å². The molecule has 14 rings (SSSR count). The van der Waals surface area contributed by atoms with Crippen molar-refractivity contribution in [2.45, 2.75) is 90.9 Å². The Morgan fingerprint density at radius 1 is 0.441 bits per heavy atom. The molecule has 0 atom stereocenters. The summed E-state index contributed by atoms with van der Waals surface area (Å²) < 4.78 is 95.8. The van der Waals surface area contributed by atoms with Crippen LogP contribution in [-0.4, -0.2) is 11.8 Å². The molecule has 0 unspecified atom stereocenters. The van der Waals surface area contributed by atoms with Gasteiger partial charge in [-0.2, -0.15) is 10.5 Å². The Kier molecular flexibility index (Phi) is 19.2. The van der Waals surface area contributed by atoms with Crippen LogP contribution in [0, 0.1) is 85.5 Å². The van der Waals surface area contributed by atoms with Crippen LogP contribution >= 0.6 is 63.7 Å². The molecule has 0 bridgehead atoms. The Morgan fingerprint density at radius 3 is 0.989 bits per heavy atom. The van der Waals surface area contributed by atoms with Crippen LogP contribution in [-0.2, 0) is 20.4 Å². The van der Waals surface area contributed by atoms with E-state index in [1.165, 1.54) is 48.5 Å². The quantitative estimate of drug-likeness (QED) is 0.0518. The smallest absolute Gasteiger partial charge is 0.623 e. The summed E-state index contributed by atoms with van der Waals surface area (Å²) in [5, 5.41) is 19.1. The Morgan fingerprint density at radius 2 is 0.720 bits per heavy atom. The predicted octanol–water partition coefficient (Wildman–Crippen LogP) is 20.3. The average Bonchev–Trinajstić information content (AvgIpc) is 1.60. The van der Waals surface area contributed by atoms with Gasteiger partial charge in [-0.05, 0) is 321 Å². The fourth-order valence-corrected chi connectivity index (χ4v) is 13.8. The van der Waals surface area contributed by atoms with Crippen LogP contribution in [0.1, 0.15) is 119 Å². The van der Waals surface area contributed by atoms with Gasteiger partial charge in [0, 0.05) is 31.9 Å². The van der Waals surface area contributed by atoms with E-state index in [1.807, 2.05) is 27.7 Å². The van der Waals surface area contributed by atoms with Gasteiger partial charge < -0.3 is 38.4 Å². The fourth-order valence-electron chi connectivity index (χ4n) is 11.1. The Hall–Kier alpha value is -7.74. The maximum absolute atomic E-state index is 13.6. The van der Waals surface area contributed by atoms with Crippen molar-refractivity contribution in [3.63, 3.8) is 0 Å². The summed E-state index contributed by atoms with van der Waals surface area (Å²) >= 11 is 15.1. The number of hydrogen-bond donors (Lipinski definition) is 0. The molecule has 12 nitrogen and oxygen atoms in total. The molecule has 21 heteroatoms. The van der Waals surface area contributed by atoms with Gasteiger partial charge in [0.05, 0.1) is 32.2 Å². The van der Waals surface area contributed by atoms with Crippen molar-refractivity contribution in [1.82, 2.24) is 9.97 Å². The van der Waals surface area contributed by atoms with E-state index < -0.39 is 0 Å². The number of halogens is 8. The second-order valence-corrected chi connectivity index (χ2v) is 26.4. The van der Waals surface area contributed by atoms with Crippen molar-refractivity contribution in [3.8, 4) is 58.4 Å². The van der Waals surface area contributed by atoms with Gasteiger partial charge in [0.1, 0.15) is 80.7 Å². The number of nitriles is 2. The summed E-state index contributed by atoms with van der Waals surface area (Å²) in [5.41, 5.74) is 10.3. The molecule has 2 aromatic heterocycles. The van der Waals surface area contributed by atoms with E-state index in [-0.39, 0.29) is 67.4 Å². The third-order valence-corrected chi connectivity index (χ3v) is 19.1. The van der Waals surface area contributed by atoms with Crippen LogP contribution in [0.2, 0.25) is 0 Å². The van der Waals surface area contributed by atoms with Crippen LogP contribution < -0.4 is 38.4 Å². The van der Waals surface area contributed by atoms with Gasteiger partial charge in [-0.1, -0.05) is 11.4 Å². The van der Waals surface area contributed by atoms with E-state index in [9.17, 15) is 28.1 Å². The molecule has 4 heterocycles. The van der Waals surface area contributed by atoms with E-state index in [1.54, 1.807) is 72.8 Å². The van der Waals surface area contributed by atoms with Crippen LogP contribution in [0.15, 0.2) is 172 Å². The fraction of sp³-hybridized carbons (Fsp3) is 0.222. The molecule has 0 saturated heterocycles. The van der Waals surface area contributed by atoms with Crippen LogP contribution in [0.4, 0.5) is 17.6 Å². The molecular weight excluding hydrogens is 1550 g/mol. The zero-order chi connectivity index (χ0) is 64.2. The number of nitrogens with zero attached hydrogens (tertiary/aromatic N) is 6. The second kappa shape index (κ2) is 27.3. The molecular formula is C72H52Br4F4N6O6Pd. The zero-order valence-electron chi connectivity index (χ0n) is 50.0. The number of aromatic nitrogens is 2. The van der Waals surface area contributed by atoms with E-state index in [2.05, 4.69) is 75.9 Å². The molecule has 0 N–H and O–H groups in total. The van der Waals surface area contributed by atoms with Crippen LogP contribution in [0.5, 0.6) is 46.3 Å². The largest absolute Gasteiger partial charge is 2.00 e. The number of rotatable bonds is 16. The van der Waals surface area contributed by atoms with Gasteiger partial charge >= 0.3 is 20.4 Å². The Bertz CT molecular complexity index is 4250. The van der Waals surface area contributed by atoms with Crippen molar-refractivity contribution in [2.24, 2.45) is 21.8 Å². The first-order chi connectivity index (χ1) is 44.4. The molecule has 2 aliphatic heterocycles. The number of aliphatic imine (C=N–C) groups is 2. The standard InChI is InChI=1S/2C36H26Br2F2N3O3.Pd/c2*1-18-15-20(17-41)16-19(2)33(18)46-34(31-27(21-3-4-21)29(37)35(42-31)44-25-11-7-23(39)8-12-25)32-28(22-5-6-22)30(38)36(43-32)45-26-13-9-24(40)10-14-26;/h2*7-16,21-22H,3-6H2,1-2H3;/q2*-1;+2/b2*34-31+;. The summed E-state index contributed by atoms with van der Waals surface area (Å²) in [6.45, 7) is 7.61. The summed E-state index contributed by atoms with van der Waals surface area (Å²) in [5.74, 6) is 4.60. The van der Waals surface area contributed by atoms with Crippen molar-refractivity contribution in [1.29, 1.82) is 10.5 Å². The topological polar surface area (TPSA) is 156 Å². The maximum Gasteiger partial charge on any atom is 2.00 e. The minimum absolute atomic E-state index is 0. The van der Waals surface area contributed by atoms with Gasteiger partial charge in [0.15, 0.2) is 0 Å². The molecule has 93 heavy (non-hydrogen) atoms. The van der Waals surface area contributed by atoms with Gasteiger partial charge in [-0.3, -0.25) is 0 Å². The van der Waals surface area contributed by atoms with Gasteiger partial charge in [-0.25, -0.2) is 27.5 Å². The van der Waals surface area contributed by atoms with Crippen LogP contribution in [0.25, 0.3) is 11.5 Å². The maximum atomic E-state index is 13.6. The SMILES string of the molecule is Cc1cc(C#N)cc(C)c1O/C(=C1/N=C(Oc2ccc(F)cc2)C(Br)=C1C1CC1)c1[n-]c(Oc2ccc(F)cc2)c(Br)c1C1CC1.Cc1cc(C#N)cc(C)c1O/C(=C1/N=C(Oc2ccc(F)cc2)C(Br)=C1C1CC1)c1[n-]c(Oc2ccc(F)cc2)c(Br)c1C1CC1.[Pd+2]. The van der Waals surface area contributed by atoms with Gasteiger partial charge in [0.25, 0.3) is 0 Å². The third-order valence-electron chi connectivity index (χ3n) is 16.1. The molecule has 4 aliphatic carbocycles. The molecule has 0 spiro atoms. The van der Waals surface area contributed by atoms with Gasteiger partial charge in [0.2, 0.25) is 11.8 Å². The predicted molar refractivity (Wildman–Crippen MR) is 354 cm³/mol. The van der Waals surface area contributed by atoms with Crippen molar-refractivity contribution in [3.05, 3.63) is 241 Å². The van der Waals surface area contributed by atoms with Crippen molar-refractivity contribution >= 4 is 87.0 Å². The minimum atomic E-state index is -0.363. The van der Waals surface area contributed by atoms with Gasteiger partial charge in [-0.15, -0.1) is 0 Å². The average molecular weight is 1600 g/mol. The number of hydrogen-bond acceptors (Lipinski definition) is 10. The van der Waals surface area contributed by atoms with E-state index in [0.29, 0.717) is 121 Å². The van der Waals surface area contributed by atoms with E-state index in [4.69, 9.17) is 48.4 Å². The summed E-state index contributed by atoms with van der Waals surface area (Å²) in [7, 11) is 0. The van der Waals surface area contributed by atoms with Crippen molar-refractivity contribution < 1.29 is 66.4 Å².